The summed E-state index contributed by atoms with van der Waals surface area (Å²) in [6, 6.07) is 32.0. The zero-order chi connectivity index (χ0) is 36.0. The number of hydrogen-bond donors (Lipinski definition) is 2. The Morgan fingerprint density at radius 3 is 2.42 bits per heavy atom. The molecule has 1 unspecified atom stereocenters. The van der Waals surface area contributed by atoms with Crippen molar-refractivity contribution in [1.29, 1.82) is 0 Å². The Kier molecular flexibility index (Phi) is 10.5. The number of carboxylic acids is 1. The maximum atomic E-state index is 11.4. The van der Waals surface area contributed by atoms with E-state index in [4.69, 9.17) is 30.6 Å². The van der Waals surface area contributed by atoms with E-state index in [1.165, 1.54) is 0 Å². The van der Waals surface area contributed by atoms with Crippen molar-refractivity contribution >= 4 is 34.8 Å². The minimum atomic E-state index is -1.39. The number of carboxylic acid groups (broad SMARTS) is 2. The van der Waals surface area contributed by atoms with Gasteiger partial charge in [-0.05, 0) is 103 Å². The van der Waals surface area contributed by atoms with Crippen molar-refractivity contribution < 1.29 is 33.7 Å². The van der Waals surface area contributed by atoms with Gasteiger partial charge in [0.1, 0.15) is 17.9 Å². The summed E-state index contributed by atoms with van der Waals surface area (Å²) in [5, 5.41) is 19.0. The van der Waals surface area contributed by atoms with Crippen molar-refractivity contribution in [3.63, 3.8) is 0 Å². The number of pyridine rings is 1. The fourth-order valence-corrected chi connectivity index (χ4v) is 6.86. The monoisotopic (exact) mass is 717 g/mol. The summed E-state index contributed by atoms with van der Waals surface area (Å²) in [5.41, 5.74) is 7.56. The number of carbonyl (C=O) groups is 2. The van der Waals surface area contributed by atoms with Gasteiger partial charge in [0.15, 0.2) is 5.58 Å². The fourth-order valence-electron chi connectivity index (χ4n) is 6.69. The first-order chi connectivity index (χ1) is 25.3. The first-order valence-electron chi connectivity index (χ1n) is 17.1. The molecule has 0 radical (unpaired) electrons. The van der Waals surface area contributed by atoms with Gasteiger partial charge in [-0.3, -0.25) is 4.90 Å². The third kappa shape index (κ3) is 8.25. The molecule has 0 fully saturated rings. The maximum Gasteiger partial charge on any atom is 0.512 e. The molecule has 0 saturated heterocycles. The van der Waals surface area contributed by atoms with E-state index < -0.39 is 12.1 Å². The van der Waals surface area contributed by atoms with Gasteiger partial charge in [0, 0.05) is 41.5 Å². The first-order valence-corrected chi connectivity index (χ1v) is 17.5. The highest BCUT2D eigenvalue weighted by Crippen LogP contribution is 2.35. The number of halogens is 1. The molecule has 1 aliphatic rings. The van der Waals surface area contributed by atoms with Crippen LogP contribution in [-0.4, -0.2) is 50.3 Å². The van der Waals surface area contributed by atoms with Gasteiger partial charge in [-0.1, -0.05) is 60.1 Å². The third-order valence-corrected chi connectivity index (χ3v) is 9.58. The van der Waals surface area contributed by atoms with Crippen molar-refractivity contribution in [3.05, 3.63) is 142 Å². The molecule has 0 amide bonds. The second-order valence-corrected chi connectivity index (χ2v) is 13.2. The molecule has 6 aromatic rings. The number of oxazole rings is 1. The van der Waals surface area contributed by atoms with Gasteiger partial charge in [0.05, 0.1) is 5.56 Å². The molecule has 0 aliphatic heterocycles. The molecule has 0 bridgehead atoms. The lowest BCUT2D eigenvalue weighted by Gasteiger charge is -2.36. The van der Waals surface area contributed by atoms with Crippen LogP contribution >= 0.6 is 11.6 Å². The third-order valence-electron chi connectivity index (χ3n) is 9.34. The number of aromatic carboxylic acids is 1. The summed E-state index contributed by atoms with van der Waals surface area (Å²) >= 11 is 6.11. The highest BCUT2D eigenvalue weighted by Gasteiger charge is 2.28. The predicted molar refractivity (Wildman–Crippen MR) is 196 cm³/mol. The van der Waals surface area contributed by atoms with E-state index in [1.54, 1.807) is 30.3 Å². The zero-order valence-corrected chi connectivity index (χ0v) is 29.0. The van der Waals surface area contributed by atoms with Crippen LogP contribution in [0.3, 0.4) is 0 Å². The molecule has 0 saturated carbocycles. The molecule has 1 aliphatic carbocycles. The van der Waals surface area contributed by atoms with Crippen molar-refractivity contribution in [1.82, 2.24) is 14.9 Å². The Hall–Kier alpha value is -5.71. The molecular weight excluding hydrogens is 682 g/mol. The minimum Gasteiger partial charge on any atom is -0.489 e. The Morgan fingerprint density at radius 1 is 0.865 bits per heavy atom. The van der Waals surface area contributed by atoms with E-state index in [-0.39, 0.29) is 17.5 Å². The fraction of sp³-hybridized carbons (Fsp3) is 0.220. The number of hydrogen-bond acceptors (Lipinski definition) is 8. The highest BCUT2D eigenvalue weighted by molar-refractivity contribution is 6.31. The van der Waals surface area contributed by atoms with E-state index in [0.717, 1.165) is 84.5 Å². The molecule has 4 aromatic carbocycles. The normalized spacial score (nSPS) is 13.9. The van der Waals surface area contributed by atoms with E-state index in [0.29, 0.717) is 28.6 Å². The average Bonchev–Trinajstić information content (AvgIpc) is 3.57. The van der Waals surface area contributed by atoms with E-state index in [2.05, 4.69) is 20.9 Å². The summed E-state index contributed by atoms with van der Waals surface area (Å²) in [5.74, 6) is 0.471. The van der Waals surface area contributed by atoms with Gasteiger partial charge >= 0.3 is 12.1 Å². The molecule has 2 aromatic heterocycles. The van der Waals surface area contributed by atoms with E-state index in [1.807, 2.05) is 66.7 Å². The van der Waals surface area contributed by atoms with Gasteiger partial charge in [-0.15, -0.1) is 0 Å². The van der Waals surface area contributed by atoms with Crippen molar-refractivity contribution in [2.75, 3.05) is 13.1 Å². The van der Waals surface area contributed by atoms with Crippen molar-refractivity contribution in [3.8, 4) is 23.1 Å². The van der Waals surface area contributed by atoms with Gasteiger partial charge in [-0.2, -0.15) is 0 Å². The predicted octanol–water partition coefficient (Wildman–Crippen LogP) is 9.04. The number of rotatable bonds is 13. The Bertz CT molecular complexity index is 2200. The molecule has 0 spiro atoms. The first kappa shape index (κ1) is 34.7. The second-order valence-electron chi connectivity index (χ2n) is 12.7. The Morgan fingerprint density at radius 2 is 1.63 bits per heavy atom. The molecule has 11 heteroatoms. The number of aromatic nitrogens is 2. The number of benzene rings is 4. The van der Waals surface area contributed by atoms with Crippen LogP contribution in [0.5, 0.6) is 11.6 Å². The number of para-hydroxylation sites is 1. The van der Waals surface area contributed by atoms with Crippen LogP contribution in [0.1, 0.15) is 57.2 Å². The lowest BCUT2D eigenvalue weighted by atomic mass is 9.89. The summed E-state index contributed by atoms with van der Waals surface area (Å²) < 4.78 is 17.1. The molecule has 264 valence electrons. The smallest absolute Gasteiger partial charge is 0.489 e. The lowest BCUT2D eigenvalue weighted by Crippen LogP contribution is -2.35. The summed E-state index contributed by atoms with van der Waals surface area (Å²) in [6.07, 6.45) is 2.65. The molecule has 2 N–H and O–H groups in total. The summed E-state index contributed by atoms with van der Waals surface area (Å²) in [6.45, 7) is 1.85. The number of aryl methyl sites for hydroxylation is 1. The molecule has 2 heterocycles. The molecule has 7 rings (SSSR count). The van der Waals surface area contributed by atoms with E-state index >= 15 is 0 Å². The van der Waals surface area contributed by atoms with Gasteiger partial charge in [0.2, 0.25) is 11.8 Å². The molecule has 1 atom stereocenters. The van der Waals surface area contributed by atoms with Crippen LogP contribution in [0.4, 0.5) is 4.79 Å². The highest BCUT2D eigenvalue weighted by atomic mass is 35.5. The van der Waals surface area contributed by atoms with Crippen LogP contribution in [0.15, 0.2) is 108 Å². The Labute approximate surface area is 305 Å². The van der Waals surface area contributed by atoms with E-state index in [9.17, 15) is 14.7 Å². The quantitative estimate of drug-likeness (QED) is 0.111. The Balaban J connectivity index is 1.05. The van der Waals surface area contributed by atoms with Gasteiger partial charge in [0.25, 0.3) is 0 Å². The van der Waals surface area contributed by atoms with Crippen LogP contribution in [0.25, 0.3) is 22.6 Å². The SMILES string of the molecule is O=C(O)Oc1ccc2c(n1)CCCC2N(CCc1ccc(C(=O)O)cc1)CCc1ccccc1OCc1ccc(-c2nc3cc(Cl)ccc3o2)cc1. The topological polar surface area (TPSA) is 135 Å². The molecule has 52 heavy (non-hydrogen) atoms. The summed E-state index contributed by atoms with van der Waals surface area (Å²) in [7, 11) is 0. The lowest BCUT2D eigenvalue weighted by molar-refractivity contribution is 0.0696. The number of fused-ring (bicyclic) bond motifs is 2. The standard InChI is InChI=1S/C41H36ClN3O7/c42-31-16-18-37-34(24-31)44-39(51-37)29-12-10-27(11-13-29)25-50-36-7-2-1-4-28(36)21-23-45(22-20-26-8-14-30(15-9-26)40(46)47)35-6-3-5-33-32(35)17-19-38(43-33)52-41(48)49/h1-2,4,7-19,24,35H,3,5-6,20-23,25H2,(H,46,47)(H,48,49). The minimum absolute atomic E-state index is 0.0678. The summed E-state index contributed by atoms with van der Waals surface area (Å²) in [4.78, 5) is 34.1. The van der Waals surface area contributed by atoms with Crippen LogP contribution < -0.4 is 9.47 Å². The molecule has 10 nitrogen and oxygen atoms in total. The zero-order valence-electron chi connectivity index (χ0n) is 28.2. The van der Waals surface area contributed by atoms with Crippen LogP contribution in [0.2, 0.25) is 5.02 Å². The number of nitrogens with zero attached hydrogens (tertiary/aromatic N) is 3. The van der Waals surface area contributed by atoms with Crippen LogP contribution in [0, 0.1) is 0 Å². The van der Waals surface area contributed by atoms with Crippen molar-refractivity contribution in [2.45, 2.75) is 44.8 Å². The second kappa shape index (κ2) is 15.7. The van der Waals surface area contributed by atoms with Crippen molar-refractivity contribution in [2.24, 2.45) is 0 Å². The van der Waals surface area contributed by atoms with Gasteiger partial charge in [-0.25, -0.2) is 19.6 Å². The van der Waals surface area contributed by atoms with Crippen LogP contribution in [-0.2, 0) is 25.9 Å². The molecular formula is C41H36ClN3O7. The largest absolute Gasteiger partial charge is 0.512 e. The number of ether oxygens (including phenoxy) is 2. The van der Waals surface area contributed by atoms with Gasteiger partial charge < -0.3 is 24.1 Å². The average molecular weight is 718 g/mol. The maximum absolute atomic E-state index is 11.4.